The maximum absolute atomic E-state index is 6.52. The molecule has 2 aromatic carbocycles. The Hall–Kier alpha value is -2.04. The van der Waals surface area contributed by atoms with Crippen molar-refractivity contribution in [2.24, 2.45) is 11.1 Å². The number of rotatable bonds is 7. The third-order valence-electron chi connectivity index (χ3n) is 5.04. The van der Waals surface area contributed by atoms with E-state index >= 15 is 0 Å². The van der Waals surface area contributed by atoms with Crippen LogP contribution in [0.2, 0.25) is 5.02 Å². The van der Waals surface area contributed by atoms with E-state index in [1.807, 2.05) is 6.07 Å². The minimum atomic E-state index is 0.528. The summed E-state index contributed by atoms with van der Waals surface area (Å²) in [6.07, 6.45) is 2.95. The molecule has 0 aromatic heterocycles. The van der Waals surface area contributed by atoms with Crippen LogP contribution in [0.5, 0.6) is 0 Å². The summed E-state index contributed by atoms with van der Waals surface area (Å²) < 4.78 is 0. The Kier molecular flexibility index (Phi) is 7.35. The predicted octanol–water partition coefficient (Wildman–Crippen LogP) is 5.04. The Morgan fingerprint density at radius 1 is 1.14 bits per heavy atom. The van der Waals surface area contributed by atoms with Gasteiger partial charge in [-0.05, 0) is 66.6 Å². The van der Waals surface area contributed by atoms with E-state index in [9.17, 15) is 0 Å². The van der Waals surface area contributed by atoms with Crippen LogP contribution >= 0.6 is 11.6 Å². The van der Waals surface area contributed by atoms with Gasteiger partial charge in [-0.15, -0.1) is 0 Å². The highest BCUT2D eigenvalue weighted by atomic mass is 35.5. The fourth-order valence-corrected chi connectivity index (χ4v) is 3.89. The van der Waals surface area contributed by atoms with E-state index < -0.39 is 0 Å². The molecular weight excluding hydrogens is 370 g/mol. The van der Waals surface area contributed by atoms with Crippen molar-refractivity contribution < 1.29 is 4.84 Å². The van der Waals surface area contributed by atoms with E-state index in [0.717, 1.165) is 60.9 Å². The summed E-state index contributed by atoms with van der Waals surface area (Å²) in [7, 11) is 1.60. The van der Waals surface area contributed by atoms with E-state index in [-0.39, 0.29) is 0 Å². The number of halogens is 1. The van der Waals surface area contributed by atoms with E-state index in [2.05, 4.69) is 60.0 Å². The lowest BCUT2D eigenvalue weighted by atomic mass is 9.99. The molecule has 1 heterocycles. The largest absolute Gasteiger partial charge is 0.399 e. The number of fused-ring (bicyclic) bond motifs is 1. The van der Waals surface area contributed by atoms with Gasteiger partial charge in [0.25, 0.3) is 0 Å². The summed E-state index contributed by atoms with van der Waals surface area (Å²) in [5, 5.41) is 12.0. The van der Waals surface area contributed by atoms with Crippen molar-refractivity contribution in [1.82, 2.24) is 5.32 Å². The number of benzene rings is 2. The molecule has 0 bridgehead atoms. The molecule has 0 atom stereocenters. The Balaban J connectivity index is 1.73. The van der Waals surface area contributed by atoms with Crippen LogP contribution < -0.4 is 10.6 Å². The Morgan fingerprint density at radius 2 is 1.89 bits per heavy atom. The lowest BCUT2D eigenvalue weighted by Crippen LogP contribution is -2.16. The molecule has 0 unspecified atom stereocenters. The second-order valence-electron chi connectivity index (χ2n) is 7.68. The Bertz CT molecular complexity index is 815. The molecule has 0 saturated heterocycles. The molecule has 1 aliphatic rings. The molecule has 0 radical (unpaired) electrons. The highest BCUT2D eigenvalue weighted by Crippen LogP contribution is 2.31. The lowest BCUT2D eigenvalue weighted by Gasteiger charge is -2.16. The number of hydrogen-bond donors (Lipinski definition) is 2. The fourth-order valence-electron chi connectivity index (χ4n) is 3.64. The number of nitrogens with one attached hydrogen (secondary N) is 2. The van der Waals surface area contributed by atoms with Gasteiger partial charge in [0.1, 0.15) is 7.11 Å². The van der Waals surface area contributed by atoms with Crippen molar-refractivity contribution in [2.45, 2.75) is 39.7 Å². The summed E-state index contributed by atoms with van der Waals surface area (Å²) in [6, 6.07) is 12.7. The van der Waals surface area contributed by atoms with Crippen molar-refractivity contribution in [3.05, 3.63) is 63.7 Å². The molecule has 1 aliphatic heterocycles. The first-order valence-electron chi connectivity index (χ1n) is 10.0. The van der Waals surface area contributed by atoms with Crippen LogP contribution in [-0.2, 0) is 24.2 Å². The van der Waals surface area contributed by atoms with Crippen molar-refractivity contribution in [3.8, 4) is 0 Å². The second-order valence-corrected chi connectivity index (χ2v) is 8.09. The number of anilines is 1. The highest BCUT2D eigenvalue weighted by Gasteiger charge is 2.15. The maximum Gasteiger partial charge on any atom is 0.106 e. The number of nitrogens with zero attached hydrogens (tertiary/aromatic N) is 1. The van der Waals surface area contributed by atoms with Crippen molar-refractivity contribution in [3.63, 3.8) is 0 Å². The van der Waals surface area contributed by atoms with E-state index in [1.165, 1.54) is 16.7 Å². The zero-order valence-electron chi connectivity index (χ0n) is 17.0. The van der Waals surface area contributed by atoms with E-state index in [1.54, 1.807) is 7.11 Å². The summed E-state index contributed by atoms with van der Waals surface area (Å²) in [5.41, 5.74) is 7.12. The van der Waals surface area contributed by atoms with Gasteiger partial charge in [-0.25, -0.2) is 0 Å². The third kappa shape index (κ3) is 5.27. The average Bonchev–Trinajstić information content (AvgIpc) is 2.93. The molecular formula is C23H30ClN3O. The molecule has 28 heavy (non-hydrogen) atoms. The second kappa shape index (κ2) is 9.94. The summed E-state index contributed by atoms with van der Waals surface area (Å²) in [5.74, 6) is 0.528. The standard InChI is InChI=1S/C23H30ClN3O/c1-16(2)14-22(27-28-3)19-6-4-17(5-7-19)15-26-23-20-11-13-25-12-10-18(20)8-9-21(23)24/h4-9,16,25-26H,10-15H2,1-3H3/b27-22+. The molecule has 5 heteroatoms. The zero-order chi connectivity index (χ0) is 19.9. The molecule has 0 amide bonds. The molecule has 2 aromatic rings. The van der Waals surface area contributed by atoms with Gasteiger partial charge < -0.3 is 15.5 Å². The van der Waals surface area contributed by atoms with Crippen LogP contribution in [0.3, 0.4) is 0 Å². The smallest absolute Gasteiger partial charge is 0.106 e. The maximum atomic E-state index is 6.52. The number of oxime groups is 1. The van der Waals surface area contributed by atoms with Crippen LogP contribution in [-0.4, -0.2) is 25.9 Å². The molecule has 4 nitrogen and oxygen atoms in total. The third-order valence-corrected chi connectivity index (χ3v) is 5.36. The van der Waals surface area contributed by atoms with Crippen molar-refractivity contribution >= 4 is 23.0 Å². The lowest BCUT2D eigenvalue weighted by molar-refractivity contribution is 0.212. The van der Waals surface area contributed by atoms with Gasteiger partial charge in [0.05, 0.1) is 16.4 Å². The summed E-state index contributed by atoms with van der Waals surface area (Å²) in [4.78, 5) is 5.03. The van der Waals surface area contributed by atoms with Gasteiger partial charge in [-0.2, -0.15) is 0 Å². The van der Waals surface area contributed by atoms with Gasteiger partial charge in [-0.1, -0.05) is 60.9 Å². The van der Waals surface area contributed by atoms with Crippen LogP contribution in [0.25, 0.3) is 0 Å². The Labute approximate surface area is 173 Å². The fraction of sp³-hybridized carbons (Fsp3) is 0.435. The van der Waals surface area contributed by atoms with Gasteiger partial charge in [0.2, 0.25) is 0 Å². The molecule has 150 valence electrons. The number of hydrogen-bond acceptors (Lipinski definition) is 4. The van der Waals surface area contributed by atoms with Gasteiger partial charge in [0, 0.05) is 6.54 Å². The topological polar surface area (TPSA) is 45.6 Å². The molecule has 0 fully saturated rings. The Morgan fingerprint density at radius 3 is 2.61 bits per heavy atom. The van der Waals surface area contributed by atoms with Crippen LogP contribution in [0.1, 0.15) is 42.5 Å². The average molecular weight is 400 g/mol. The molecule has 0 spiro atoms. The van der Waals surface area contributed by atoms with Gasteiger partial charge >= 0.3 is 0 Å². The monoisotopic (exact) mass is 399 g/mol. The first-order chi connectivity index (χ1) is 13.6. The molecule has 3 rings (SSSR count). The molecule has 0 saturated carbocycles. The van der Waals surface area contributed by atoms with Crippen LogP contribution in [0, 0.1) is 5.92 Å². The van der Waals surface area contributed by atoms with E-state index in [4.69, 9.17) is 16.4 Å². The normalized spacial score (nSPS) is 14.5. The van der Waals surface area contributed by atoms with E-state index in [0.29, 0.717) is 5.92 Å². The zero-order valence-corrected chi connectivity index (χ0v) is 17.8. The summed E-state index contributed by atoms with van der Waals surface area (Å²) in [6.45, 7) is 7.13. The SMILES string of the molecule is CO/N=C(\CC(C)C)c1ccc(CNc2c(Cl)ccc3c2CCNCC3)cc1. The minimum absolute atomic E-state index is 0.528. The van der Waals surface area contributed by atoms with Crippen molar-refractivity contribution in [1.29, 1.82) is 0 Å². The van der Waals surface area contributed by atoms with Crippen LogP contribution in [0.15, 0.2) is 41.6 Å². The first-order valence-corrected chi connectivity index (χ1v) is 10.4. The molecule has 0 aliphatic carbocycles. The van der Waals surface area contributed by atoms with Gasteiger partial charge in [-0.3, -0.25) is 0 Å². The summed E-state index contributed by atoms with van der Waals surface area (Å²) >= 11 is 6.52. The quantitative estimate of drug-likeness (QED) is 0.506. The van der Waals surface area contributed by atoms with Crippen molar-refractivity contribution in [2.75, 3.05) is 25.5 Å². The molecule has 2 N–H and O–H groups in total. The predicted molar refractivity (Wildman–Crippen MR) is 118 cm³/mol. The first kappa shape index (κ1) is 20.7. The van der Waals surface area contributed by atoms with Crippen LogP contribution in [0.4, 0.5) is 5.69 Å². The van der Waals surface area contributed by atoms with Gasteiger partial charge in [0.15, 0.2) is 0 Å². The minimum Gasteiger partial charge on any atom is -0.399 e. The highest BCUT2D eigenvalue weighted by molar-refractivity contribution is 6.33.